The Morgan fingerprint density at radius 2 is 1.56 bits per heavy atom. The molecule has 0 aromatic rings. The molecule has 156 valence electrons. The lowest BCUT2D eigenvalue weighted by atomic mass is 9.41. The van der Waals surface area contributed by atoms with Crippen molar-refractivity contribution in [1.82, 2.24) is 0 Å². The van der Waals surface area contributed by atoms with E-state index in [1.807, 2.05) is 0 Å². The average molecular weight is 377 g/mol. The second-order valence-electron chi connectivity index (χ2n) is 11.5. The van der Waals surface area contributed by atoms with Crippen LogP contribution in [-0.2, 0) is 0 Å². The van der Waals surface area contributed by atoms with E-state index in [-0.39, 0.29) is 12.2 Å². The first-order chi connectivity index (χ1) is 12.8. The van der Waals surface area contributed by atoms with Crippen molar-refractivity contribution in [3.8, 4) is 0 Å². The van der Waals surface area contributed by atoms with Crippen LogP contribution < -0.4 is 0 Å². The van der Waals surface area contributed by atoms with Crippen molar-refractivity contribution >= 4 is 0 Å². The summed E-state index contributed by atoms with van der Waals surface area (Å²) in [6, 6.07) is 0. The Bertz CT molecular complexity index is 546. The quantitative estimate of drug-likeness (QED) is 0.667. The average Bonchev–Trinajstić information content (AvgIpc) is 3.00. The van der Waals surface area contributed by atoms with Crippen LogP contribution >= 0.6 is 0 Å². The van der Waals surface area contributed by atoms with Gasteiger partial charge in [0.2, 0.25) is 0 Å². The lowest BCUT2D eigenvalue weighted by Gasteiger charge is -2.64. The molecule has 0 amide bonds. The molecule has 27 heavy (non-hydrogen) atoms. The fraction of sp³-hybridized carbons (Fsp3) is 1.00. The normalized spacial score (nSPS) is 56.1. The summed E-state index contributed by atoms with van der Waals surface area (Å²) >= 11 is 0. The monoisotopic (exact) mass is 376 g/mol. The van der Waals surface area contributed by atoms with Crippen LogP contribution in [0.25, 0.3) is 0 Å². The molecule has 0 radical (unpaired) electrons. The zero-order chi connectivity index (χ0) is 19.6. The van der Waals surface area contributed by atoms with Crippen molar-refractivity contribution in [2.24, 2.45) is 52.3 Å². The van der Waals surface area contributed by atoms with Crippen LogP contribution in [0.1, 0.15) is 92.4 Å². The summed E-state index contributed by atoms with van der Waals surface area (Å²) in [4.78, 5) is 0. The number of hydrogen-bond donors (Lipinski definition) is 2. The molecule has 0 saturated heterocycles. The van der Waals surface area contributed by atoms with Gasteiger partial charge in [0, 0.05) is 0 Å². The minimum Gasteiger partial charge on any atom is -0.393 e. The molecule has 4 aliphatic carbocycles. The molecule has 0 aromatic heterocycles. The maximum Gasteiger partial charge on any atom is 0.0605 e. The molecule has 2 heteroatoms. The van der Waals surface area contributed by atoms with Gasteiger partial charge in [0.05, 0.1) is 12.2 Å². The maximum absolute atomic E-state index is 11.7. The van der Waals surface area contributed by atoms with E-state index in [4.69, 9.17) is 0 Å². The molecule has 11 atom stereocenters. The van der Waals surface area contributed by atoms with Crippen LogP contribution in [0.5, 0.6) is 0 Å². The lowest BCUT2D eigenvalue weighted by Crippen LogP contribution is -2.62. The van der Waals surface area contributed by atoms with E-state index in [0.29, 0.717) is 40.4 Å². The molecule has 0 heterocycles. The number of aliphatic hydroxyl groups excluding tert-OH is 2. The van der Waals surface area contributed by atoms with Crippen LogP contribution in [-0.4, -0.2) is 22.4 Å². The van der Waals surface area contributed by atoms with Crippen LogP contribution in [0, 0.1) is 52.3 Å². The Balaban J connectivity index is 1.69. The van der Waals surface area contributed by atoms with Crippen LogP contribution in [0.3, 0.4) is 0 Å². The van der Waals surface area contributed by atoms with Gasteiger partial charge in [-0.05, 0) is 97.2 Å². The fourth-order valence-electron chi connectivity index (χ4n) is 9.22. The molecule has 0 aliphatic heterocycles. The molecule has 4 rings (SSSR count). The Labute approximate surface area is 167 Å². The Kier molecular flexibility index (Phi) is 5.25. The first kappa shape index (κ1) is 20.2. The van der Waals surface area contributed by atoms with Crippen LogP contribution in [0.4, 0.5) is 0 Å². The topological polar surface area (TPSA) is 40.5 Å². The van der Waals surface area contributed by atoms with Crippen molar-refractivity contribution in [3.05, 3.63) is 0 Å². The van der Waals surface area contributed by atoms with Gasteiger partial charge in [-0.15, -0.1) is 0 Å². The predicted molar refractivity (Wildman–Crippen MR) is 111 cm³/mol. The molecule has 2 N–H and O–H groups in total. The summed E-state index contributed by atoms with van der Waals surface area (Å²) in [5.74, 6) is 4.44. The first-order valence-corrected chi connectivity index (χ1v) is 12.1. The highest BCUT2D eigenvalue weighted by Gasteiger charge is 2.64. The second kappa shape index (κ2) is 7.01. The van der Waals surface area contributed by atoms with E-state index in [1.54, 1.807) is 0 Å². The summed E-state index contributed by atoms with van der Waals surface area (Å²) in [5.41, 5.74) is 0.771. The van der Waals surface area contributed by atoms with Gasteiger partial charge in [0.25, 0.3) is 0 Å². The zero-order valence-electron chi connectivity index (χ0n) is 18.5. The van der Waals surface area contributed by atoms with E-state index in [0.717, 1.165) is 31.1 Å². The van der Waals surface area contributed by atoms with Gasteiger partial charge in [-0.3, -0.25) is 0 Å². The van der Waals surface area contributed by atoms with Crippen molar-refractivity contribution in [2.45, 2.75) is 105 Å². The smallest absolute Gasteiger partial charge is 0.0605 e. The van der Waals surface area contributed by atoms with Crippen molar-refractivity contribution < 1.29 is 10.2 Å². The van der Waals surface area contributed by atoms with Gasteiger partial charge in [-0.25, -0.2) is 0 Å². The first-order valence-electron chi connectivity index (χ1n) is 12.1. The molecule has 0 bridgehead atoms. The minimum atomic E-state index is -0.149. The zero-order valence-corrected chi connectivity index (χ0v) is 18.5. The van der Waals surface area contributed by atoms with Gasteiger partial charge in [0.15, 0.2) is 0 Å². The third-order valence-corrected chi connectivity index (χ3v) is 10.8. The third-order valence-electron chi connectivity index (χ3n) is 10.8. The third kappa shape index (κ3) is 2.79. The molecule has 4 aliphatic rings. The molecular formula is C25H44O2. The molecule has 0 spiro atoms. The Hall–Kier alpha value is -0.0800. The van der Waals surface area contributed by atoms with Gasteiger partial charge in [-0.2, -0.15) is 0 Å². The summed E-state index contributed by atoms with van der Waals surface area (Å²) in [6.45, 7) is 12.2. The van der Waals surface area contributed by atoms with Gasteiger partial charge >= 0.3 is 0 Å². The van der Waals surface area contributed by atoms with Crippen LogP contribution in [0.15, 0.2) is 0 Å². The maximum atomic E-state index is 11.7. The summed E-state index contributed by atoms with van der Waals surface area (Å²) in [7, 11) is 0. The Morgan fingerprint density at radius 3 is 2.22 bits per heavy atom. The van der Waals surface area contributed by atoms with Crippen LogP contribution in [0.2, 0.25) is 0 Å². The van der Waals surface area contributed by atoms with E-state index in [2.05, 4.69) is 34.6 Å². The molecule has 2 nitrogen and oxygen atoms in total. The number of aliphatic hydroxyl groups is 2. The minimum absolute atomic E-state index is 0.143. The molecule has 0 aromatic carbocycles. The second-order valence-corrected chi connectivity index (χ2v) is 11.5. The van der Waals surface area contributed by atoms with Gasteiger partial charge < -0.3 is 10.2 Å². The largest absolute Gasteiger partial charge is 0.393 e. The van der Waals surface area contributed by atoms with Crippen molar-refractivity contribution in [3.63, 3.8) is 0 Å². The molecular weight excluding hydrogens is 332 g/mol. The standard InChI is InChI=1S/C25H44O2/c1-6-15(3)18-8-9-19-22-20(11-13-24(18,19)4)25(5)12-10-16(26)14-21(25)17(7-2)23(22)27/h15-23,26-27H,6-14H2,1-5H3/t15-,16-,17-,18-,19?,20?,21+,22+,23-,24-,25-/m1/s1. The lowest BCUT2D eigenvalue weighted by molar-refractivity contribution is -0.203. The van der Waals surface area contributed by atoms with E-state index in [1.165, 1.54) is 38.5 Å². The highest BCUT2D eigenvalue weighted by molar-refractivity contribution is 5.13. The number of rotatable bonds is 3. The van der Waals surface area contributed by atoms with Gasteiger partial charge in [0.1, 0.15) is 0 Å². The van der Waals surface area contributed by atoms with Crippen molar-refractivity contribution in [2.75, 3.05) is 0 Å². The number of hydrogen-bond acceptors (Lipinski definition) is 2. The predicted octanol–water partition coefficient (Wildman–Crippen LogP) is 5.66. The van der Waals surface area contributed by atoms with Gasteiger partial charge in [-0.1, -0.05) is 47.5 Å². The highest BCUT2D eigenvalue weighted by Crippen LogP contribution is 2.69. The Morgan fingerprint density at radius 1 is 0.889 bits per heavy atom. The van der Waals surface area contributed by atoms with Crippen molar-refractivity contribution in [1.29, 1.82) is 0 Å². The molecule has 4 fully saturated rings. The van der Waals surface area contributed by atoms with E-state index in [9.17, 15) is 10.2 Å². The van der Waals surface area contributed by atoms with E-state index >= 15 is 0 Å². The summed E-state index contributed by atoms with van der Waals surface area (Å²) in [6.07, 6.45) is 10.5. The van der Waals surface area contributed by atoms with E-state index < -0.39 is 0 Å². The summed E-state index contributed by atoms with van der Waals surface area (Å²) in [5, 5.41) is 22.1. The highest BCUT2D eigenvalue weighted by atomic mass is 16.3. The molecule has 2 unspecified atom stereocenters. The number of fused-ring (bicyclic) bond motifs is 5. The SMILES string of the molecule is CC[C@H]1[C@@H](O)[C@H]2C3CC[C@H]([C@H](C)CC)[C@@]3(C)CCC2[C@@]2(C)CC[C@@H](O)C[C@@H]12. The molecule has 4 saturated carbocycles. The fourth-order valence-corrected chi connectivity index (χ4v) is 9.22. The summed E-state index contributed by atoms with van der Waals surface area (Å²) < 4.78 is 0.